The zero-order chi connectivity index (χ0) is 20.6. The average molecular weight is 403 g/mol. The molecular formula is C24H22N2O2S. The van der Waals surface area contributed by atoms with Crippen LogP contribution in [0.1, 0.15) is 35.0 Å². The summed E-state index contributed by atoms with van der Waals surface area (Å²) in [6.07, 6.45) is 5.48. The molecule has 2 atom stereocenters. The lowest BCUT2D eigenvalue weighted by Gasteiger charge is -2.34. The highest BCUT2D eigenvalue weighted by Crippen LogP contribution is 2.33. The highest BCUT2D eigenvalue weighted by molar-refractivity contribution is 7.10. The van der Waals surface area contributed by atoms with Crippen molar-refractivity contribution in [3.8, 4) is 12.3 Å². The molecule has 0 aliphatic carbocycles. The van der Waals surface area contributed by atoms with Gasteiger partial charge in [0.1, 0.15) is 6.04 Å². The summed E-state index contributed by atoms with van der Waals surface area (Å²) in [7, 11) is 0. The van der Waals surface area contributed by atoms with Gasteiger partial charge in [0.2, 0.25) is 5.91 Å². The number of carbonyl (C=O) groups excluding carboxylic acids is 2. The van der Waals surface area contributed by atoms with E-state index in [1.54, 1.807) is 0 Å². The predicted octanol–water partition coefficient (Wildman–Crippen LogP) is 4.33. The van der Waals surface area contributed by atoms with Crippen LogP contribution in [-0.4, -0.2) is 16.7 Å². The summed E-state index contributed by atoms with van der Waals surface area (Å²) in [5.41, 5.74) is 1.89. The van der Waals surface area contributed by atoms with Gasteiger partial charge in [-0.05, 0) is 35.4 Å². The quantitative estimate of drug-likeness (QED) is 0.598. The fourth-order valence-corrected chi connectivity index (χ4v) is 4.03. The van der Waals surface area contributed by atoms with Crippen LogP contribution >= 0.6 is 11.3 Å². The molecule has 1 unspecified atom stereocenters. The van der Waals surface area contributed by atoms with Crippen LogP contribution < -0.4 is 5.32 Å². The van der Waals surface area contributed by atoms with Gasteiger partial charge >= 0.3 is 0 Å². The lowest BCUT2D eigenvalue weighted by Crippen LogP contribution is -2.44. The van der Waals surface area contributed by atoms with E-state index in [-0.39, 0.29) is 11.9 Å². The number of amides is 2. The summed E-state index contributed by atoms with van der Waals surface area (Å²) >= 11 is 1.43. The van der Waals surface area contributed by atoms with Gasteiger partial charge in [-0.1, -0.05) is 66.7 Å². The monoisotopic (exact) mass is 402 g/mol. The number of benzene rings is 2. The van der Waals surface area contributed by atoms with Crippen LogP contribution in [0.3, 0.4) is 0 Å². The summed E-state index contributed by atoms with van der Waals surface area (Å²) in [5.74, 6) is 1.42. The maximum atomic E-state index is 13.2. The molecule has 0 aliphatic heterocycles. The van der Waals surface area contributed by atoms with Crippen LogP contribution in [0.2, 0.25) is 0 Å². The van der Waals surface area contributed by atoms with Crippen molar-refractivity contribution in [2.45, 2.75) is 25.6 Å². The van der Waals surface area contributed by atoms with Crippen molar-refractivity contribution in [2.75, 3.05) is 0 Å². The molecule has 2 amide bonds. The molecule has 0 bridgehead atoms. The van der Waals surface area contributed by atoms with Crippen molar-refractivity contribution in [3.05, 3.63) is 94.2 Å². The van der Waals surface area contributed by atoms with Crippen molar-refractivity contribution < 1.29 is 9.59 Å². The van der Waals surface area contributed by atoms with Crippen molar-refractivity contribution in [2.24, 2.45) is 0 Å². The summed E-state index contributed by atoms with van der Waals surface area (Å²) < 4.78 is 0. The Bertz CT molecular complexity index is 979. The minimum atomic E-state index is -0.808. The number of carbonyl (C=O) groups is 2. The molecule has 146 valence electrons. The third-order valence-corrected chi connectivity index (χ3v) is 5.63. The molecule has 29 heavy (non-hydrogen) atoms. The van der Waals surface area contributed by atoms with Gasteiger partial charge in [-0.3, -0.25) is 9.59 Å². The Kier molecular flexibility index (Phi) is 6.83. The molecule has 1 heterocycles. The number of thiophene rings is 1. The summed E-state index contributed by atoms with van der Waals surface area (Å²) in [4.78, 5) is 28.3. The Labute approximate surface area is 175 Å². The van der Waals surface area contributed by atoms with Gasteiger partial charge in [-0.25, -0.2) is 0 Å². The Morgan fingerprint density at radius 3 is 2.28 bits per heavy atom. The van der Waals surface area contributed by atoms with Gasteiger partial charge < -0.3 is 10.2 Å². The first-order chi connectivity index (χ1) is 14.1. The molecule has 4 nitrogen and oxygen atoms in total. The fraction of sp³-hybridized carbons (Fsp3) is 0.167. The first kappa shape index (κ1) is 20.4. The SMILES string of the molecule is C#CC(=O)N(C(C(=O)NCc1ccccc1)c1cccs1)[C@@H](C)c1ccccc1. The molecule has 0 saturated heterocycles. The van der Waals surface area contributed by atoms with Crippen molar-refractivity contribution in [3.63, 3.8) is 0 Å². The van der Waals surface area contributed by atoms with E-state index in [2.05, 4.69) is 11.2 Å². The van der Waals surface area contributed by atoms with Crippen LogP contribution in [0.25, 0.3) is 0 Å². The third kappa shape index (κ3) is 4.92. The molecule has 5 heteroatoms. The van der Waals surface area contributed by atoms with E-state index in [1.165, 1.54) is 16.2 Å². The molecule has 3 rings (SSSR count). The second-order valence-electron chi connectivity index (χ2n) is 6.56. The summed E-state index contributed by atoms with van der Waals surface area (Å²) in [6, 6.07) is 21.8. The predicted molar refractivity (Wildman–Crippen MR) is 116 cm³/mol. The Morgan fingerprint density at radius 1 is 1.03 bits per heavy atom. The molecule has 0 fully saturated rings. The molecule has 3 aromatic rings. The number of rotatable bonds is 7. The molecule has 1 N–H and O–H groups in total. The zero-order valence-electron chi connectivity index (χ0n) is 16.1. The van der Waals surface area contributed by atoms with Crippen LogP contribution in [0.15, 0.2) is 78.2 Å². The van der Waals surface area contributed by atoms with Gasteiger partial charge in [0, 0.05) is 11.4 Å². The Hall–Kier alpha value is -3.36. The van der Waals surface area contributed by atoms with E-state index >= 15 is 0 Å². The maximum absolute atomic E-state index is 13.2. The minimum Gasteiger partial charge on any atom is -0.350 e. The van der Waals surface area contributed by atoms with Gasteiger partial charge in [-0.15, -0.1) is 17.8 Å². The smallest absolute Gasteiger partial charge is 0.299 e. The molecule has 2 aromatic carbocycles. The highest BCUT2D eigenvalue weighted by Gasteiger charge is 2.35. The van der Waals surface area contributed by atoms with Crippen LogP contribution in [-0.2, 0) is 16.1 Å². The molecule has 0 spiro atoms. The van der Waals surface area contributed by atoms with Crippen molar-refractivity contribution >= 4 is 23.2 Å². The lowest BCUT2D eigenvalue weighted by molar-refractivity contribution is -0.139. The number of nitrogens with one attached hydrogen (secondary N) is 1. The first-order valence-corrected chi connectivity index (χ1v) is 10.2. The molecule has 0 saturated carbocycles. The van der Waals surface area contributed by atoms with Gasteiger partial charge in [0.05, 0.1) is 6.04 Å². The largest absolute Gasteiger partial charge is 0.350 e. The standard InChI is InChI=1S/C24H22N2O2S/c1-3-22(27)26(18(2)20-13-8-5-9-14-20)23(21-15-10-16-29-21)24(28)25-17-19-11-6-4-7-12-19/h1,4-16,18,23H,17H2,2H3,(H,25,28)/t18-,23?/m0/s1. The molecule has 0 aliphatic rings. The van der Waals surface area contributed by atoms with Gasteiger partial charge in [-0.2, -0.15) is 0 Å². The van der Waals surface area contributed by atoms with Crippen LogP contribution in [0.4, 0.5) is 0 Å². The van der Waals surface area contributed by atoms with E-state index in [4.69, 9.17) is 6.42 Å². The van der Waals surface area contributed by atoms with E-state index < -0.39 is 11.9 Å². The summed E-state index contributed by atoms with van der Waals surface area (Å²) in [6.45, 7) is 2.26. The Morgan fingerprint density at radius 2 is 1.69 bits per heavy atom. The van der Waals surface area contributed by atoms with E-state index in [9.17, 15) is 9.59 Å². The number of hydrogen-bond acceptors (Lipinski definition) is 3. The second kappa shape index (κ2) is 9.72. The van der Waals surface area contributed by atoms with Crippen LogP contribution in [0, 0.1) is 12.3 Å². The van der Waals surface area contributed by atoms with Crippen molar-refractivity contribution in [1.82, 2.24) is 10.2 Å². The molecular weight excluding hydrogens is 380 g/mol. The molecule has 1 aromatic heterocycles. The second-order valence-corrected chi connectivity index (χ2v) is 7.54. The minimum absolute atomic E-state index is 0.261. The first-order valence-electron chi connectivity index (χ1n) is 9.30. The van der Waals surface area contributed by atoms with E-state index in [1.807, 2.05) is 85.1 Å². The van der Waals surface area contributed by atoms with E-state index in [0.717, 1.165) is 16.0 Å². The van der Waals surface area contributed by atoms with Crippen LogP contribution in [0.5, 0.6) is 0 Å². The third-order valence-electron chi connectivity index (χ3n) is 4.71. The summed E-state index contributed by atoms with van der Waals surface area (Å²) in [5, 5.41) is 4.85. The van der Waals surface area contributed by atoms with E-state index in [0.29, 0.717) is 6.54 Å². The number of nitrogens with zero attached hydrogens (tertiary/aromatic N) is 1. The lowest BCUT2D eigenvalue weighted by atomic mass is 10.0. The Balaban J connectivity index is 1.93. The van der Waals surface area contributed by atoms with Gasteiger partial charge in [0.25, 0.3) is 5.91 Å². The van der Waals surface area contributed by atoms with Gasteiger partial charge in [0.15, 0.2) is 0 Å². The topological polar surface area (TPSA) is 49.4 Å². The maximum Gasteiger partial charge on any atom is 0.299 e. The van der Waals surface area contributed by atoms with Crippen molar-refractivity contribution in [1.29, 1.82) is 0 Å². The number of hydrogen-bond donors (Lipinski definition) is 1. The molecule has 0 radical (unpaired) electrons. The average Bonchev–Trinajstić information content (AvgIpc) is 3.30. The number of terminal acetylenes is 1. The fourth-order valence-electron chi connectivity index (χ4n) is 3.20. The normalized spacial score (nSPS) is 12.4. The zero-order valence-corrected chi connectivity index (χ0v) is 16.9. The highest BCUT2D eigenvalue weighted by atomic mass is 32.1.